The van der Waals surface area contributed by atoms with Crippen molar-refractivity contribution >= 4 is 27.6 Å². The molecule has 1 aromatic heterocycles. The molecule has 0 unspecified atom stereocenters. The Bertz CT molecular complexity index is 395. The highest BCUT2D eigenvalue weighted by Crippen LogP contribution is 2.29. The summed E-state index contributed by atoms with van der Waals surface area (Å²) in [5, 5.41) is 2.53. The summed E-state index contributed by atoms with van der Waals surface area (Å²) in [7, 11) is 0. The summed E-state index contributed by atoms with van der Waals surface area (Å²) in [6, 6.07) is 1.64. The van der Waals surface area contributed by atoms with Gasteiger partial charge in [0, 0.05) is 5.92 Å². The Kier molecular flexibility index (Phi) is 2.90. The van der Waals surface area contributed by atoms with E-state index in [2.05, 4.69) is 21.2 Å². The van der Waals surface area contributed by atoms with E-state index in [1.807, 2.05) is 0 Å². The second-order valence-electron chi connectivity index (χ2n) is 3.52. The Balaban J connectivity index is 1.87. The third-order valence-electron chi connectivity index (χ3n) is 2.28. The fraction of sp³-hybridized carbons (Fsp3) is 0.400. The second kappa shape index (κ2) is 4.18. The molecule has 5 heteroatoms. The van der Waals surface area contributed by atoms with Gasteiger partial charge in [0.05, 0.1) is 17.3 Å². The molecule has 0 aromatic carbocycles. The summed E-state index contributed by atoms with van der Waals surface area (Å²) in [4.78, 5) is 22.8. The minimum Gasteiger partial charge on any atom is -0.458 e. The first kappa shape index (κ1) is 10.4. The molecule has 1 N–H and O–H groups in total. The Morgan fingerprint density at radius 1 is 1.53 bits per heavy atom. The van der Waals surface area contributed by atoms with E-state index in [9.17, 15) is 9.59 Å². The zero-order chi connectivity index (χ0) is 10.8. The molecular formula is C10H10BrNO3. The number of nitrogens with one attached hydrogen (secondary N) is 1. The van der Waals surface area contributed by atoms with Gasteiger partial charge in [-0.15, -0.1) is 0 Å². The van der Waals surface area contributed by atoms with Crippen molar-refractivity contribution < 1.29 is 14.0 Å². The standard InChI is InChI=1S/C10H10BrNO3/c11-7-3-4-15-9(7)10(14)12-5-8(13)6-1-2-6/h3-4,6H,1-2,5H2,(H,12,14). The van der Waals surface area contributed by atoms with Crippen LogP contribution >= 0.6 is 15.9 Å². The van der Waals surface area contributed by atoms with Crippen LogP contribution in [0.5, 0.6) is 0 Å². The summed E-state index contributed by atoms with van der Waals surface area (Å²) in [6.45, 7) is 0.0939. The minimum absolute atomic E-state index is 0.0939. The Morgan fingerprint density at radius 2 is 2.27 bits per heavy atom. The van der Waals surface area contributed by atoms with Gasteiger partial charge in [0.25, 0.3) is 5.91 Å². The van der Waals surface area contributed by atoms with Crippen LogP contribution in [0.15, 0.2) is 21.2 Å². The average molecular weight is 272 g/mol. The highest BCUT2D eigenvalue weighted by molar-refractivity contribution is 9.10. The lowest BCUT2D eigenvalue weighted by molar-refractivity contribution is -0.119. The molecule has 15 heavy (non-hydrogen) atoms. The maximum atomic E-state index is 11.5. The highest BCUT2D eigenvalue weighted by Gasteiger charge is 2.29. The monoisotopic (exact) mass is 271 g/mol. The third kappa shape index (κ3) is 2.47. The maximum absolute atomic E-state index is 11.5. The first-order valence-electron chi connectivity index (χ1n) is 4.72. The van der Waals surface area contributed by atoms with Gasteiger partial charge >= 0.3 is 0 Å². The minimum atomic E-state index is -0.360. The fourth-order valence-corrected chi connectivity index (χ4v) is 1.63. The summed E-state index contributed by atoms with van der Waals surface area (Å²) in [5.74, 6) is 0.121. The van der Waals surface area contributed by atoms with Gasteiger partial charge in [-0.05, 0) is 34.8 Å². The second-order valence-corrected chi connectivity index (χ2v) is 4.38. The summed E-state index contributed by atoms with van der Waals surface area (Å²) >= 11 is 3.18. The Hall–Kier alpha value is -1.10. The fourth-order valence-electron chi connectivity index (χ4n) is 1.25. The van der Waals surface area contributed by atoms with Crippen LogP contribution in [0.2, 0.25) is 0 Å². The van der Waals surface area contributed by atoms with E-state index >= 15 is 0 Å². The van der Waals surface area contributed by atoms with E-state index in [-0.39, 0.29) is 29.9 Å². The van der Waals surface area contributed by atoms with E-state index in [4.69, 9.17) is 4.42 Å². The molecule has 4 nitrogen and oxygen atoms in total. The van der Waals surface area contributed by atoms with Crippen LogP contribution in [0.3, 0.4) is 0 Å². The molecule has 1 aliphatic rings. The van der Waals surface area contributed by atoms with Gasteiger partial charge in [0.2, 0.25) is 5.76 Å². The van der Waals surface area contributed by atoms with Crippen LogP contribution in [0.1, 0.15) is 23.4 Å². The van der Waals surface area contributed by atoms with Crippen molar-refractivity contribution in [1.29, 1.82) is 0 Å². The smallest absolute Gasteiger partial charge is 0.288 e. The van der Waals surface area contributed by atoms with Crippen molar-refractivity contribution in [3.63, 3.8) is 0 Å². The zero-order valence-corrected chi connectivity index (χ0v) is 9.54. The van der Waals surface area contributed by atoms with Crippen LogP contribution in [0.25, 0.3) is 0 Å². The summed E-state index contributed by atoms with van der Waals surface area (Å²) < 4.78 is 5.56. The van der Waals surface area contributed by atoms with E-state index in [0.717, 1.165) is 12.8 Å². The number of rotatable bonds is 4. The number of hydrogen-bond acceptors (Lipinski definition) is 3. The predicted octanol–water partition coefficient (Wildman–Crippen LogP) is 1.75. The number of halogens is 1. The van der Waals surface area contributed by atoms with Crippen LogP contribution in [-0.2, 0) is 4.79 Å². The maximum Gasteiger partial charge on any atom is 0.288 e. The number of furan rings is 1. The van der Waals surface area contributed by atoms with Gasteiger partial charge in [-0.3, -0.25) is 9.59 Å². The van der Waals surface area contributed by atoms with E-state index in [1.165, 1.54) is 6.26 Å². The van der Waals surface area contributed by atoms with Crippen LogP contribution in [0, 0.1) is 5.92 Å². The largest absolute Gasteiger partial charge is 0.458 e. The van der Waals surface area contributed by atoms with Crippen molar-refractivity contribution in [3.8, 4) is 0 Å². The third-order valence-corrected chi connectivity index (χ3v) is 2.90. The molecule has 1 fully saturated rings. The number of amides is 1. The van der Waals surface area contributed by atoms with Crippen molar-refractivity contribution in [2.24, 2.45) is 5.92 Å². The predicted molar refractivity (Wildman–Crippen MR) is 56.5 cm³/mol. The van der Waals surface area contributed by atoms with Crippen molar-refractivity contribution in [1.82, 2.24) is 5.32 Å². The van der Waals surface area contributed by atoms with Gasteiger partial charge in [-0.1, -0.05) is 0 Å². The van der Waals surface area contributed by atoms with Crippen molar-refractivity contribution in [3.05, 3.63) is 22.6 Å². The molecule has 1 aliphatic carbocycles. The number of carbonyl (C=O) groups is 2. The summed E-state index contributed by atoms with van der Waals surface area (Å²) in [5.41, 5.74) is 0. The SMILES string of the molecule is O=C(NCC(=O)C1CC1)c1occc1Br. The normalized spacial score (nSPS) is 15.0. The molecule has 1 heterocycles. The quantitative estimate of drug-likeness (QED) is 0.908. The molecule has 0 spiro atoms. The van der Waals surface area contributed by atoms with E-state index in [0.29, 0.717) is 4.47 Å². The Labute approximate surface area is 95.2 Å². The van der Waals surface area contributed by atoms with E-state index < -0.39 is 0 Å². The molecule has 1 amide bonds. The molecule has 2 rings (SSSR count). The molecule has 80 valence electrons. The number of hydrogen-bond donors (Lipinski definition) is 1. The van der Waals surface area contributed by atoms with Crippen molar-refractivity contribution in [2.75, 3.05) is 6.54 Å². The van der Waals surface area contributed by atoms with Crippen LogP contribution in [0.4, 0.5) is 0 Å². The lowest BCUT2D eigenvalue weighted by atomic mass is 10.2. The zero-order valence-electron chi connectivity index (χ0n) is 7.96. The van der Waals surface area contributed by atoms with Gasteiger partial charge in [-0.2, -0.15) is 0 Å². The molecule has 0 atom stereocenters. The molecule has 1 saturated carbocycles. The van der Waals surface area contributed by atoms with Gasteiger partial charge < -0.3 is 9.73 Å². The molecule has 0 bridgehead atoms. The van der Waals surface area contributed by atoms with Gasteiger partial charge in [0.1, 0.15) is 0 Å². The van der Waals surface area contributed by atoms with Crippen LogP contribution in [-0.4, -0.2) is 18.2 Å². The molecular weight excluding hydrogens is 262 g/mol. The number of Topliss-reactive ketones (excluding diaryl/α,β-unsaturated/α-hetero) is 1. The lowest BCUT2D eigenvalue weighted by Crippen LogP contribution is -2.30. The topological polar surface area (TPSA) is 59.3 Å². The molecule has 1 aromatic rings. The van der Waals surface area contributed by atoms with Crippen LogP contribution < -0.4 is 5.32 Å². The lowest BCUT2D eigenvalue weighted by Gasteiger charge is -2.01. The van der Waals surface area contributed by atoms with Gasteiger partial charge in [0.15, 0.2) is 5.78 Å². The average Bonchev–Trinajstić information content (AvgIpc) is 2.98. The first-order valence-corrected chi connectivity index (χ1v) is 5.51. The summed E-state index contributed by atoms with van der Waals surface area (Å²) in [6.07, 6.45) is 3.33. The first-order chi connectivity index (χ1) is 7.18. The Morgan fingerprint density at radius 3 is 2.80 bits per heavy atom. The van der Waals surface area contributed by atoms with Gasteiger partial charge in [-0.25, -0.2) is 0 Å². The molecule has 0 radical (unpaired) electrons. The van der Waals surface area contributed by atoms with Crippen molar-refractivity contribution in [2.45, 2.75) is 12.8 Å². The number of carbonyl (C=O) groups excluding carboxylic acids is 2. The molecule has 0 saturated heterocycles. The van der Waals surface area contributed by atoms with E-state index in [1.54, 1.807) is 6.07 Å². The molecule has 0 aliphatic heterocycles. The highest BCUT2D eigenvalue weighted by atomic mass is 79.9. The number of ketones is 1.